The van der Waals surface area contributed by atoms with E-state index in [-0.39, 0.29) is 22.9 Å². The molecule has 1 aromatic carbocycles. The predicted octanol–water partition coefficient (Wildman–Crippen LogP) is 4.15. The molecule has 1 N–H and O–H groups in total. The maximum absolute atomic E-state index is 12.6. The summed E-state index contributed by atoms with van der Waals surface area (Å²) >= 11 is 0. The van der Waals surface area contributed by atoms with Crippen LogP contribution >= 0.6 is 10.2 Å². The molecule has 0 saturated carbocycles. The molecule has 0 unspecified atom stereocenters. The number of halogens is 5. The number of rotatable bonds is 3. The van der Waals surface area contributed by atoms with Gasteiger partial charge < -0.3 is 9.84 Å². The van der Waals surface area contributed by atoms with Gasteiger partial charge >= 0.3 is 10.2 Å². The Kier molecular flexibility index (Phi) is 2.69. The minimum Gasteiger partial charge on any atom is -0.496 e. The normalized spacial score (nSPS) is 16.2. The molecule has 1 rings (SSSR count). The summed E-state index contributed by atoms with van der Waals surface area (Å²) in [6, 6.07) is 0.535. The summed E-state index contributed by atoms with van der Waals surface area (Å²) < 4.78 is 67.5. The fourth-order valence-electron chi connectivity index (χ4n) is 1.44. The molecule has 0 aliphatic rings. The quantitative estimate of drug-likeness (QED) is 0.841. The fraction of sp³-hybridized carbons (Fsp3) is 0.333. The molecule has 0 bridgehead atoms. The number of benzene rings is 1. The molecule has 0 fully saturated rings. The van der Waals surface area contributed by atoms with Gasteiger partial charge in [0.05, 0.1) is 13.7 Å². The Balaban J connectivity index is 3.58. The summed E-state index contributed by atoms with van der Waals surface area (Å²) in [5.74, 6) is -0.0295. The molecular weight excluding hydrogens is 267 g/mol. The molecule has 0 heterocycles. The van der Waals surface area contributed by atoms with E-state index < -0.39 is 21.7 Å². The van der Waals surface area contributed by atoms with Crippen LogP contribution < -0.4 is 4.74 Å². The van der Waals surface area contributed by atoms with Crippen LogP contribution in [0.3, 0.4) is 0 Å². The van der Waals surface area contributed by atoms with Crippen molar-refractivity contribution in [3.8, 4) is 5.75 Å². The van der Waals surface area contributed by atoms with Gasteiger partial charge in [0.2, 0.25) is 0 Å². The largest absolute Gasteiger partial charge is 0.496 e. The second-order valence-electron chi connectivity index (χ2n) is 3.56. The fourth-order valence-corrected chi connectivity index (χ4v) is 2.21. The van der Waals surface area contributed by atoms with E-state index >= 15 is 0 Å². The average molecular weight is 278 g/mol. The summed E-state index contributed by atoms with van der Waals surface area (Å²) in [4.78, 5) is -2.02. The van der Waals surface area contributed by atoms with Gasteiger partial charge in [-0.15, -0.1) is 0 Å². The van der Waals surface area contributed by atoms with Crippen molar-refractivity contribution in [2.45, 2.75) is 18.4 Å². The Morgan fingerprint density at radius 3 is 2.06 bits per heavy atom. The summed E-state index contributed by atoms with van der Waals surface area (Å²) in [6.45, 7) is 0.386. The summed E-state index contributed by atoms with van der Waals surface area (Å²) in [5.41, 5.74) is -0.432. The summed E-state index contributed by atoms with van der Waals surface area (Å²) in [6.07, 6.45) is 0. The number of ether oxygens (including phenoxy) is 1. The van der Waals surface area contributed by atoms with Crippen molar-refractivity contribution in [1.29, 1.82) is 0 Å². The molecule has 0 saturated heterocycles. The van der Waals surface area contributed by atoms with Crippen molar-refractivity contribution in [3.05, 3.63) is 23.3 Å². The van der Waals surface area contributed by atoms with Gasteiger partial charge in [0, 0.05) is 5.56 Å². The lowest BCUT2D eigenvalue weighted by molar-refractivity contribution is 0.272. The zero-order valence-corrected chi connectivity index (χ0v) is 9.83. The van der Waals surface area contributed by atoms with Crippen molar-refractivity contribution in [1.82, 2.24) is 0 Å². The second-order valence-corrected chi connectivity index (χ2v) is 5.97. The molecule has 0 aliphatic heterocycles. The van der Waals surface area contributed by atoms with Crippen LogP contribution in [0.25, 0.3) is 0 Å². The van der Waals surface area contributed by atoms with Crippen LogP contribution in [0.2, 0.25) is 0 Å². The molecule has 0 radical (unpaired) electrons. The lowest BCUT2D eigenvalue weighted by Crippen LogP contribution is -2.08. The summed E-state index contributed by atoms with van der Waals surface area (Å²) in [7, 11) is -8.54. The van der Waals surface area contributed by atoms with Crippen molar-refractivity contribution in [2.75, 3.05) is 7.11 Å². The van der Waals surface area contributed by atoms with Crippen LogP contribution in [-0.2, 0) is 6.61 Å². The maximum Gasteiger partial charge on any atom is 0.310 e. The third kappa shape index (κ3) is 3.01. The second kappa shape index (κ2) is 3.26. The number of hydrogen-bond acceptors (Lipinski definition) is 2. The van der Waals surface area contributed by atoms with Gasteiger partial charge in [-0.25, -0.2) is 0 Å². The Labute approximate surface area is 94.7 Å². The number of aliphatic hydroxyl groups excluding tert-OH is 1. The lowest BCUT2D eigenvalue weighted by Gasteiger charge is -2.41. The highest BCUT2D eigenvalue weighted by Crippen LogP contribution is 3.02. The smallest absolute Gasteiger partial charge is 0.310 e. The molecule has 0 atom stereocenters. The van der Waals surface area contributed by atoms with E-state index in [2.05, 4.69) is 0 Å². The lowest BCUT2D eigenvalue weighted by atomic mass is 10.1. The molecule has 0 aliphatic carbocycles. The first-order valence-corrected chi connectivity index (χ1v) is 6.36. The minimum atomic E-state index is -9.72. The van der Waals surface area contributed by atoms with E-state index in [0.717, 1.165) is 0 Å². The minimum absolute atomic E-state index is 0.0295. The summed E-state index contributed by atoms with van der Waals surface area (Å²) in [5, 5.41) is 8.85. The molecule has 0 spiro atoms. The number of methoxy groups -OCH3 is 1. The van der Waals surface area contributed by atoms with Gasteiger partial charge in [0.25, 0.3) is 0 Å². The van der Waals surface area contributed by atoms with Crippen LogP contribution in [0, 0.1) is 6.92 Å². The number of aryl methyl sites for hydroxylation is 1. The molecular formula is C9H11F5O2S. The Bertz CT molecular complexity index is 454. The van der Waals surface area contributed by atoms with E-state index in [1.165, 1.54) is 14.0 Å². The maximum atomic E-state index is 12.6. The first kappa shape index (κ1) is 14.0. The zero-order chi connectivity index (χ0) is 13.5. The van der Waals surface area contributed by atoms with Crippen LogP contribution in [0.15, 0.2) is 17.0 Å². The SMILES string of the molecule is COc1c(C)cc(S(F)(F)(F)(F)F)cc1CO. The zero-order valence-electron chi connectivity index (χ0n) is 9.02. The van der Waals surface area contributed by atoms with Crippen LogP contribution in [0.5, 0.6) is 5.75 Å². The standard InChI is InChI=1S/C9H11F5O2S/c1-6-3-8(17(10,11,12,13)14)4-7(5-15)9(6)16-2/h3-4,15H,5H2,1-2H3. The van der Waals surface area contributed by atoms with Crippen LogP contribution in [-0.4, -0.2) is 12.2 Å². The highest BCUT2D eigenvalue weighted by molar-refractivity contribution is 8.45. The van der Waals surface area contributed by atoms with Crippen molar-refractivity contribution < 1.29 is 29.3 Å². The molecule has 17 heavy (non-hydrogen) atoms. The van der Waals surface area contributed by atoms with Crippen molar-refractivity contribution in [3.63, 3.8) is 0 Å². The van der Waals surface area contributed by atoms with Crippen molar-refractivity contribution >= 4 is 10.2 Å². The molecule has 8 heteroatoms. The molecule has 2 nitrogen and oxygen atoms in total. The van der Waals surface area contributed by atoms with Gasteiger partial charge in [-0.3, -0.25) is 0 Å². The van der Waals surface area contributed by atoms with E-state index in [1.807, 2.05) is 0 Å². The first-order chi connectivity index (χ1) is 7.38. The molecule has 0 amide bonds. The van der Waals surface area contributed by atoms with Crippen LogP contribution in [0.4, 0.5) is 19.4 Å². The van der Waals surface area contributed by atoms with Crippen LogP contribution in [0.1, 0.15) is 11.1 Å². The van der Waals surface area contributed by atoms with Crippen molar-refractivity contribution in [2.24, 2.45) is 0 Å². The van der Waals surface area contributed by atoms with E-state index in [9.17, 15) is 19.4 Å². The number of hydrogen-bond donors (Lipinski definition) is 1. The number of aliphatic hydroxyl groups is 1. The molecule has 0 aromatic heterocycles. The van der Waals surface area contributed by atoms with Gasteiger partial charge in [-0.05, 0) is 24.6 Å². The van der Waals surface area contributed by atoms with E-state index in [4.69, 9.17) is 9.84 Å². The molecule has 100 valence electrons. The van der Waals surface area contributed by atoms with E-state index in [1.54, 1.807) is 0 Å². The topological polar surface area (TPSA) is 29.5 Å². The van der Waals surface area contributed by atoms with E-state index in [0.29, 0.717) is 6.07 Å². The van der Waals surface area contributed by atoms with Gasteiger partial charge in [0.1, 0.15) is 10.6 Å². The van der Waals surface area contributed by atoms with Gasteiger partial charge in [0.15, 0.2) is 0 Å². The highest BCUT2D eigenvalue weighted by atomic mass is 32.5. The van der Waals surface area contributed by atoms with Gasteiger partial charge in [-0.2, -0.15) is 0 Å². The predicted molar refractivity (Wildman–Crippen MR) is 55.1 cm³/mol. The Hall–Kier alpha value is -1.02. The third-order valence-corrected chi connectivity index (χ3v) is 3.27. The van der Waals surface area contributed by atoms with Gasteiger partial charge in [-0.1, -0.05) is 19.4 Å². The third-order valence-electron chi connectivity index (χ3n) is 2.14. The Morgan fingerprint density at radius 1 is 1.18 bits per heavy atom. The highest BCUT2D eigenvalue weighted by Gasteiger charge is 2.65. The molecule has 1 aromatic rings. The average Bonchev–Trinajstić information content (AvgIpc) is 2.12. The first-order valence-electron chi connectivity index (χ1n) is 4.41. The monoisotopic (exact) mass is 278 g/mol. The Morgan fingerprint density at radius 2 is 1.71 bits per heavy atom.